The zero-order valence-electron chi connectivity index (χ0n) is 74.7. The molecule has 10 heterocycles. The predicted octanol–water partition coefficient (Wildman–Crippen LogP) is 22.5. The molecule has 4 atom stereocenters. The minimum atomic E-state index is -0.473. The Balaban J connectivity index is 0.000000125. The molecule has 23 nitrogen and oxygen atoms in total. The first-order chi connectivity index (χ1) is 65.1. The maximum Gasteiger partial charge on any atom is 0.416 e. The molecule has 28 heteroatoms. The highest BCUT2D eigenvalue weighted by molar-refractivity contribution is 6.32. The fourth-order valence-electron chi connectivity index (χ4n) is 18.2. The van der Waals surface area contributed by atoms with Crippen molar-refractivity contribution in [3.8, 4) is 28.7 Å². The molecule has 686 valence electrons. The number of H-pyrrole nitrogens is 4. The number of hydrogen-bond acceptors (Lipinski definition) is 15. The van der Waals surface area contributed by atoms with Crippen molar-refractivity contribution in [1.82, 2.24) is 59.6 Å². The van der Waals surface area contributed by atoms with E-state index in [9.17, 15) is 24.0 Å². The maximum absolute atomic E-state index is 13.3. The van der Waals surface area contributed by atoms with E-state index in [1.54, 1.807) is 76.6 Å². The van der Waals surface area contributed by atoms with Gasteiger partial charge in [-0.15, -0.1) is 0 Å². The second kappa shape index (κ2) is 42.5. The molecule has 0 radical (unpaired) electrons. The van der Waals surface area contributed by atoms with Crippen molar-refractivity contribution < 1.29 is 52.4 Å². The summed E-state index contributed by atoms with van der Waals surface area (Å²) in [6.45, 7) is 18.5. The SMILES string of the molecule is CC(=O)Oc1ccc([C@@H]2c3[nH]c4ccc(Cl)cc4c3CCN2C(=O)Oc2ccc(Cl)cc2)cc1.CC(C)=CC(=O)N1CCc2c([nH]c3ccc(Cl)cc23)C1c1ccc(OCCCN2CCOCC2)cc1.CC(C)=CC(=O)N1CCc2c([nH]c3ccc(Cl)cc23)C1c1ccc(OCCCn2cncn2)cc1.O=C(Oc1ccc(C2NCCc3c2[nH]c2ccc(Cl)cc32)cc1)c1ccccc1. The number of fused-ring (bicyclic) bond motifs is 12. The number of carbonyl (C=O) groups excluding carboxylic acids is 5. The van der Waals surface area contributed by atoms with Crippen LogP contribution in [0.5, 0.6) is 28.7 Å². The first kappa shape index (κ1) is 92.9. The summed E-state index contributed by atoms with van der Waals surface area (Å²) in [7, 11) is 0. The summed E-state index contributed by atoms with van der Waals surface area (Å²) in [6.07, 6.45) is 11.2. The number of ether oxygens (including phenoxy) is 6. The van der Waals surface area contributed by atoms with E-state index in [0.29, 0.717) is 77.1 Å². The van der Waals surface area contributed by atoms with Crippen molar-refractivity contribution >= 4 is 131 Å². The van der Waals surface area contributed by atoms with Crippen molar-refractivity contribution in [2.24, 2.45) is 0 Å². The molecule has 15 aromatic rings. The van der Waals surface area contributed by atoms with E-state index in [0.717, 1.165) is 194 Å². The number of nitrogens with one attached hydrogen (secondary N) is 5. The lowest BCUT2D eigenvalue weighted by atomic mass is 9.92. The number of esters is 2. The van der Waals surface area contributed by atoms with E-state index in [4.69, 9.17) is 86.4 Å². The lowest BCUT2D eigenvalue weighted by molar-refractivity contribution is -0.132. The molecule has 5 N–H and O–H groups in total. The third-order valence-corrected chi connectivity index (χ3v) is 25.6. The van der Waals surface area contributed by atoms with Gasteiger partial charge in [-0.25, -0.2) is 14.6 Å². The van der Waals surface area contributed by atoms with Gasteiger partial charge in [-0.1, -0.05) is 136 Å². The van der Waals surface area contributed by atoms with Gasteiger partial charge in [0.15, 0.2) is 0 Å². The van der Waals surface area contributed by atoms with Crippen molar-refractivity contribution in [3.05, 3.63) is 358 Å². The van der Waals surface area contributed by atoms with Crippen LogP contribution in [0.1, 0.15) is 149 Å². The summed E-state index contributed by atoms with van der Waals surface area (Å²) >= 11 is 31.0. The summed E-state index contributed by atoms with van der Waals surface area (Å²) in [5, 5.41) is 15.6. The molecule has 5 aliphatic rings. The molecular weight excluding hydrogens is 1790 g/mol. The molecule has 1 saturated heterocycles. The Kier molecular flexibility index (Phi) is 29.5. The Hall–Kier alpha value is -12.9. The van der Waals surface area contributed by atoms with E-state index < -0.39 is 18.1 Å². The molecule has 5 aromatic heterocycles. The number of amides is 3. The smallest absolute Gasteiger partial charge is 0.416 e. The average molecular weight is 1900 g/mol. The molecule has 3 unspecified atom stereocenters. The van der Waals surface area contributed by atoms with Gasteiger partial charge in [-0.05, 0) is 262 Å². The van der Waals surface area contributed by atoms with Crippen LogP contribution in [0.4, 0.5) is 4.79 Å². The summed E-state index contributed by atoms with van der Waals surface area (Å²) in [6, 6.07) is 69.4. The van der Waals surface area contributed by atoms with E-state index >= 15 is 0 Å². The minimum Gasteiger partial charge on any atom is -0.494 e. The molecule has 134 heavy (non-hydrogen) atoms. The van der Waals surface area contributed by atoms with Crippen LogP contribution in [0.15, 0.2) is 260 Å². The van der Waals surface area contributed by atoms with E-state index in [-0.39, 0.29) is 35.9 Å². The Morgan fingerprint density at radius 1 is 0.418 bits per heavy atom. The van der Waals surface area contributed by atoms with E-state index in [1.807, 2.05) is 201 Å². The van der Waals surface area contributed by atoms with Crippen LogP contribution < -0.4 is 29.0 Å². The number of aryl methyl sites for hydroxylation is 1. The third kappa shape index (κ3) is 21.9. The highest BCUT2D eigenvalue weighted by Gasteiger charge is 2.39. The molecule has 20 rings (SSSR count). The average Bonchev–Trinajstić information content (AvgIpc) is 1.59. The molecule has 0 bridgehead atoms. The van der Waals surface area contributed by atoms with Crippen molar-refractivity contribution in [1.29, 1.82) is 0 Å². The number of hydrogen-bond donors (Lipinski definition) is 5. The van der Waals surface area contributed by atoms with Gasteiger partial charge < -0.3 is 63.5 Å². The quantitative estimate of drug-likeness (QED) is 0.0206. The minimum absolute atomic E-state index is 0.0192. The number of rotatable bonds is 20. The van der Waals surface area contributed by atoms with Crippen LogP contribution in [0.2, 0.25) is 25.1 Å². The van der Waals surface area contributed by atoms with Crippen molar-refractivity contribution in [2.75, 3.05) is 72.2 Å². The fraction of sp³-hybridized carbons (Fsp3) is 0.255. The highest BCUT2D eigenvalue weighted by Crippen LogP contribution is 2.45. The molecule has 0 saturated carbocycles. The van der Waals surface area contributed by atoms with Crippen LogP contribution in [0, 0.1) is 0 Å². The Bertz CT molecular complexity index is 6790. The first-order valence-corrected chi connectivity index (χ1v) is 46.8. The summed E-state index contributed by atoms with van der Waals surface area (Å²) in [4.78, 5) is 89.4. The molecule has 10 aromatic carbocycles. The number of morpholine rings is 1. The second-order valence-corrected chi connectivity index (χ2v) is 36.3. The highest BCUT2D eigenvalue weighted by atomic mass is 35.5. The molecule has 3 amide bonds. The normalized spacial score (nSPS) is 16.1. The monoisotopic (exact) mass is 1890 g/mol. The molecular formula is C106H101Cl5N12O11. The van der Waals surface area contributed by atoms with Crippen LogP contribution in [-0.2, 0) is 51.3 Å². The van der Waals surface area contributed by atoms with Crippen LogP contribution in [-0.4, -0.2) is 156 Å². The fourth-order valence-corrected chi connectivity index (χ4v) is 19.0. The number of halogens is 5. The van der Waals surface area contributed by atoms with Gasteiger partial charge in [0, 0.05) is 169 Å². The lowest BCUT2D eigenvalue weighted by Crippen LogP contribution is -2.42. The molecule has 0 aliphatic carbocycles. The zero-order valence-corrected chi connectivity index (χ0v) is 78.5. The van der Waals surface area contributed by atoms with Crippen molar-refractivity contribution in [2.45, 2.75) is 104 Å². The van der Waals surface area contributed by atoms with E-state index in [2.05, 4.69) is 52.4 Å². The zero-order chi connectivity index (χ0) is 93.0. The van der Waals surface area contributed by atoms with Crippen LogP contribution >= 0.6 is 58.0 Å². The number of aromatic nitrogens is 7. The van der Waals surface area contributed by atoms with E-state index in [1.165, 1.54) is 41.0 Å². The predicted molar refractivity (Wildman–Crippen MR) is 526 cm³/mol. The van der Waals surface area contributed by atoms with Gasteiger partial charge >= 0.3 is 18.0 Å². The Morgan fingerprint density at radius 3 is 1.26 bits per heavy atom. The number of nitrogens with zero attached hydrogens (tertiary/aromatic N) is 7. The first-order valence-electron chi connectivity index (χ1n) is 44.9. The topological polar surface area (TPSA) is 260 Å². The van der Waals surface area contributed by atoms with Gasteiger partial charge in [0.05, 0.1) is 50.1 Å². The third-order valence-electron chi connectivity index (χ3n) is 24.4. The lowest BCUT2D eigenvalue weighted by Gasteiger charge is -2.36. The number of aromatic amines is 4. The molecule has 0 spiro atoms. The summed E-state index contributed by atoms with van der Waals surface area (Å²) in [5.74, 6) is 2.32. The summed E-state index contributed by atoms with van der Waals surface area (Å²) in [5.41, 5.74) is 19.8. The van der Waals surface area contributed by atoms with Gasteiger partial charge in [-0.2, -0.15) is 5.10 Å². The van der Waals surface area contributed by atoms with Crippen molar-refractivity contribution in [3.63, 3.8) is 0 Å². The Morgan fingerprint density at radius 2 is 0.813 bits per heavy atom. The van der Waals surface area contributed by atoms with Gasteiger partial charge in [0.25, 0.3) is 0 Å². The number of carbonyl (C=O) groups is 5. The van der Waals surface area contributed by atoms with Gasteiger partial charge in [0.1, 0.15) is 47.4 Å². The van der Waals surface area contributed by atoms with Gasteiger partial charge in [0.2, 0.25) is 11.8 Å². The standard InChI is InChI=1S/C29H34ClN3O3.C27H28ClN5O2.C26H20Cl2N2O4.C24H19ClN2O2/c1-20(2)18-27(34)33-12-10-24-25-19-22(30)6-9-26(25)31-28(24)29(33)21-4-7-23(8-5-21)36-15-3-11-32-13-16-35-17-14-32;1-18(2)14-25(34)33-12-10-22-23-15-20(28)6-9-24(23)31-26(22)27(33)19-4-7-21(8-5-19)35-13-3-11-32-17-29-16-30-32;1-15(31)33-19-7-2-16(3-8-19)25-24-21(22-14-18(28)6-11-23(22)29-24)12-13-30(25)26(32)34-20-9-4-17(27)5-10-20;25-17-8-11-21-20(14-17)19-12-13-26-22(23(19)27-21)15-6-9-18(10-7-15)29-24(28)16-4-2-1-3-5-16/h4-9,18-19,29,31H,3,10-17H2,1-2H3;4-9,14-17,27,31H,3,10-13H2,1-2H3;2-11,14,25,29H,12-13H2,1H3;1-11,14,22,26-27H,12-13H2/t;;25-;/m..1./s1. The summed E-state index contributed by atoms with van der Waals surface area (Å²) < 4.78 is 35.5. The maximum atomic E-state index is 13.3. The molecule has 5 aliphatic heterocycles. The number of allylic oxidation sites excluding steroid dienone is 2. The van der Waals surface area contributed by atoms with Crippen LogP contribution in [0.25, 0.3) is 43.6 Å². The Labute approximate surface area is 801 Å². The van der Waals surface area contributed by atoms with Gasteiger partial charge in [-0.3, -0.25) is 28.9 Å². The molecule has 1 fully saturated rings. The number of benzene rings is 10. The largest absolute Gasteiger partial charge is 0.494 e. The second-order valence-electron chi connectivity index (χ2n) is 34.1. The van der Waals surface area contributed by atoms with Crippen LogP contribution in [0.3, 0.4) is 0 Å².